The molecule has 0 saturated carbocycles. The van der Waals surface area contributed by atoms with Crippen LogP contribution in [0.15, 0.2) is 56.0 Å². The Morgan fingerprint density at radius 3 is 2.56 bits per heavy atom. The summed E-state index contributed by atoms with van der Waals surface area (Å²) >= 11 is 15.6. The lowest BCUT2D eigenvalue weighted by Crippen LogP contribution is -1.89. The largest absolute Gasteiger partial charge is 0.0876 e. The highest BCUT2D eigenvalue weighted by molar-refractivity contribution is 8.05. The van der Waals surface area contributed by atoms with Crippen molar-refractivity contribution in [2.45, 2.75) is 19.6 Å². The predicted molar refractivity (Wildman–Crippen MR) is 71.2 cm³/mol. The molecule has 0 aliphatic carbocycles. The molecule has 0 saturated heterocycles. The molecule has 0 aromatic heterocycles. The molecule has 0 bridgehead atoms. The smallest absolute Gasteiger partial charge is 0.0556 e. The summed E-state index contributed by atoms with van der Waals surface area (Å²) in [5.41, 5.74) is 0. The van der Waals surface area contributed by atoms with Crippen LogP contribution in [0.25, 0.3) is 0 Å². The van der Waals surface area contributed by atoms with Gasteiger partial charge in [-0.15, -0.1) is 0 Å². The highest BCUT2D eigenvalue weighted by atomic mass is 35.5. The highest BCUT2D eigenvalue weighted by Gasteiger charge is 2.18. The number of hydrogen-bond donors (Lipinski definition) is 0. The normalized spacial score (nSPS) is 13.1. The summed E-state index contributed by atoms with van der Waals surface area (Å²) in [6.07, 6.45) is 0. The number of benzene rings is 2. The zero-order valence-corrected chi connectivity index (χ0v) is 11.2. The van der Waals surface area contributed by atoms with Gasteiger partial charge in [-0.1, -0.05) is 52.8 Å². The molecule has 2 aromatic rings. The Morgan fingerprint density at radius 1 is 0.812 bits per heavy atom. The average molecular weight is 285 g/mol. The lowest BCUT2D eigenvalue weighted by molar-refractivity contribution is 1.16. The van der Waals surface area contributed by atoms with Crippen molar-refractivity contribution >= 4 is 46.7 Å². The first kappa shape index (κ1) is 10.8. The third kappa shape index (κ3) is 1.84. The summed E-state index contributed by atoms with van der Waals surface area (Å²) < 4.78 is 0. The molecule has 0 radical (unpaired) electrons. The molecule has 0 nitrogen and oxygen atoms in total. The molecule has 0 amide bonds. The molecular weight excluding hydrogens is 279 g/mol. The maximum Gasteiger partial charge on any atom is 0.0556 e. The summed E-state index contributed by atoms with van der Waals surface area (Å²) in [4.78, 5) is 4.76. The monoisotopic (exact) mass is 284 g/mol. The van der Waals surface area contributed by atoms with Gasteiger partial charge in [-0.3, -0.25) is 0 Å². The number of fused-ring (bicyclic) bond motifs is 2. The van der Waals surface area contributed by atoms with E-state index in [-0.39, 0.29) is 0 Å². The second kappa shape index (κ2) is 4.19. The van der Waals surface area contributed by atoms with Crippen LogP contribution < -0.4 is 0 Å². The fraction of sp³-hybridized carbons (Fsp3) is 0. The number of rotatable bonds is 0. The Labute approximate surface area is 112 Å². The van der Waals surface area contributed by atoms with Crippen LogP contribution in [0.1, 0.15) is 0 Å². The van der Waals surface area contributed by atoms with Crippen molar-refractivity contribution in [3.63, 3.8) is 0 Å². The van der Waals surface area contributed by atoms with E-state index in [0.717, 1.165) is 14.9 Å². The van der Waals surface area contributed by atoms with Gasteiger partial charge in [0.25, 0.3) is 0 Å². The van der Waals surface area contributed by atoms with Crippen molar-refractivity contribution < 1.29 is 0 Å². The lowest BCUT2D eigenvalue weighted by Gasteiger charge is -2.18. The molecule has 0 unspecified atom stereocenters. The van der Waals surface area contributed by atoms with Crippen molar-refractivity contribution in [2.75, 3.05) is 0 Å². The van der Waals surface area contributed by atoms with Crippen LogP contribution in [-0.4, -0.2) is 0 Å². The van der Waals surface area contributed by atoms with E-state index in [2.05, 4.69) is 6.07 Å². The average Bonchev–Trinajstić information content (AvgIpc) is 2.27. The van der Waals surface area contributed by atoms with Crippen LogP contribution in [0, 0.1) is 0 Å². The van der Waals surface area contributed by atoms with Gasteiger partial charge in [-0.2, -0.15) is 0 Å². The Bertz CT molecular complexity index is 567. The van der Waals surface area contributed by atoms with E-state index in [9.17, 15) is 0 Å². The maximum atomic E-state index is 6.18. The molecule has 16 heavy (non-hydrogen) atoms. The van der Waals surface area contributed by atoms with Crippen molar-refractivity contribution in [1.82, 2.24) is 0 Å². The summed E-state index contributed by atoms with van der Waals surface area (Å²) in [5, 5.41) is 1.59. The topological polar surface area (TPSA) is 0 Å². The van der Waals surface area contributed by atoms with Gasteiger partial charge >= 0.3 is 0 Å². The van der Waals surface area contributed by atoms with E-state index >= 15 is 0 Å². The molecule has 1 aliphatic rings. The Kier molecular flexibility index (Phi) is 2.84. The van der Waals surface area contributed by atoms with Crippen molar-refractivity contribution in [2.24, 2.45) is 0 Å². The van der Waals surface area contributed by atoms with Gasteiger partial charge in [0.2, 0.25) is 0 Å². The molecular formula is C12H6Cl2S2. The summed E-state index contributed by atoms with van der Waals surface area (Å²) in [5.74, 6) is 0. The van der Waals surface area contributed by atoms with E-state index < -0.39 is 0 Å². The molecule has 0 spiro atoms. The van der Waals surface area contributed by atoms with Gasteiger partial charge in [0.1, 0.15) is 0 Å². The Hall–Kier alpha value is -0.280. The first-order chi connectivity index (χ1) is 7.74. The van der Waals surface area contributed by atoms with Crippen LogP contribution >= 0.6 is 46.7 Å². The molecule has 80 valence electrons. The first-order valence-electron chi connectivity index (χ1n) is 4.68. The third-order valence-electron chi connectivity index (χ3n) is 2.27. The summed E-state index contributed by atoms with van der Waals surface area (Å²) in [6, 6.07) is 11.9. The minimum atomic E-state index is 0.775. The molecule has 1 aliphatic heterocycles. The number of hydrogen-bond acceptors (Lipinski definition) is 2. The fourth-order valence-electron chi connectivity index (χ4n) is 1.54. The first-order valence-corrected chi connectivity index (χ1v) is 7.07. The minimum absolute atomic E-state index is 0.775. The van der Waals surface area contributed by atoms with Gasteiger partial charge in [0, 0.05) is 24.6 Å². The fourth-order valence-corrected chi connectivity index (χ4v) is 4.42. The van der Waals surface area contributed by atoms with Crippen molar-refractivity contribution in [1.29, 1.82) is 0 Å². The van der Waals surface area contributed by atoms with E-state index in [1.165, 1.54) is 14.7 Å². The lowest BCUT2D eigenvalue weighted by atomic mass is 10.3. The van der Waals surface area contributed by atoms with Gasteiger partial charge in [-0.25, -0.2) is 0 Å². The zero-order valence-electron chi connectivity index (χ0n) is 8.04. The molecule has 0 N–H and O–H groups in total. The van der Waals surface area contributed by atoms with Crippen LogP contribution in [0.5, 0.6) is 0 Å². The van der Waals surface area contributed by atoms with Crippen LogP contribution in [0.3, 0.4) is 0 Å². The molecule has 0 fully saturated rings. The second-order valence-corrected chi connectivity index (χ2v) is 6.34. The molecule has 0 atom stereocenters. The predicted octanol–water partition coefficient (Wildman–Crippen LogP) is 5.61. The summed E-state index contributed by atoms with van der Waals surface area (Å²) in [6.45, 7) is 0. The van der Waals surface area contributed by atoms with Crippen LogP contribution in [-0.2, 0) is 0 Å². The van der Waals surface area contributed by atoms with E-state index in [4.69, 9.17) is 23.2 Å². The van der Waals surface area contributed by atoms with Gasteiger partial charge in [-0.05, 0) is 30.3 Å². The molecule has 4 heteroatoms. The van der Waals surface area contributed by atoms with Crippen molar-refractivity contribution in [3.8, 4) is 0 Å². The van der Waals surface area contributed by atoms with Gasteiger partial charge in [0.15, 0.2) is 0 Å². The second-order valence-electron chi connectivity index (χ2n) is 3.36. The van der Waals surface area contributed by atoms with Gasteiger partial charge in [0.05, 0.1) is 5.02 Å². The standard InChI is InChI=1S/C12H6Cl2S2/c13-7-4-5-9-11(6-7)15-10-3-1-2-8(14)12(10)16-9/h1-6H. The van der Waals surface area contributed by atoms with Gasteiger partial charge < -0.3 is 0 Å². The number of halogens is 2. The zero-order chi connectivity index (χ0) is 11.1. The SMILES string of the molecule is Clc1ccc2c(c1)Sc1cccc(Cl)c1S2. The highest BCUT2D eigenvalue weighted by Crippen LogP contribution is 2.51. The molecule has 1 heterocycles. The van der Waals surface area contributed by atoms with E-state index in [1.54, 1.807) is 23.5 Å². The molecule has 2 aromatic carbocycles. The van der Waals surface area contributed by atoms with E-state index in [0.29, 0.717) is 0 Å². The van der Waals surface area contributed by atoms with Crippen LogP contribution in [0.4, 0.5) is 0 Å². The third-order valence-corrected chi connectivity index (χ3v) is 5.53. The quantitative estimate of drug-likeness (QED) is 0.526. The summed E-state index contributed by atoms with van der Waals surface area (Å²) in [7, 11) is 0. The van der Waals surface area contributed by atoms with Crippen LogP contribution in [0.2, 0.25) is 10.0 Å². The minimum Gasteiger partial charge on any atom is -0.0876 e. The maximum absolute atomic E-state index is 6.18. The Balaban J connectivity index is 2.13. The Morgan fingerprint density at radius 2 is 1.69 bits per heavy atom. The van der Waals surface area contributed by atoms with Crippen molar-refractivity contribution in [3.05, 3.63) is 46.4 Å². The molecule has 3 rings (SSSR count). The van der Waals surface area contributed by atoms with E-state index in [1.807, 2.05) is 30.3 Å².